The molecule has 2 heterocycles. The molecule has 0 amide bonds. The summed E-state index contributed by atoms with van der Waals surface area (Å²) in [5.41, 5.74) is 0.0850. The number of nitrogens with one attached hydrogen (secondary N) is 1. The van der Waals surface area contributed by atoms with Gasteiger partial charge in [0.1, 0.15) is 22.3 Å². The number of rotatable bonds is 3. The highest BCUT2D eigenvalue weighted by atomic mass is 35.5. The summed E-state index contributed by atoms with van der Waals surface area (Å²) in [5.74, 6) is -1.28. The fourth-order valence-electron chi connectivity index (χ4n) is 3.08. The highest BCUT2D eigenvalue weighted by Gasteiger charge is 2.24. The second-order valence-electron chi connectivity index (χ2n) is 6.18. The van der Waals surface area contributed by atoms with E-state index in [0.717, 1.165) is 22.4 Å². The number of halogens is 4. The Balaban J connectivity index is 1.69. The predicted molar refractivity (Wildman–Crippen MR) is 103 cm³/mol. The molecule has 4 rings (SSSR count). The Hall–Kier alpha value is -2.45. The number of fused-ring (bicyclic) bond motifs is 1. The average molecular weight is 424 g/mol. The number of anilines is 1. The molecule has 0 unspecified atom stereocenters. The van der Waals surface area contributed by atoms with Gasteiger partial charge in [-0.2, -0.15) is 9.78 Å². The lowest BCUT2D eigenvalue weighted by atomic mass is 10.0. The largest absolute Gasteiger partial charge is 0.375 e. The summed E-state index contributed by atoms with van der Waals surface area (Å²) in [7, 11) is 0. The van der Waals surface area contributed by atoms with Crippen LogP contribution in [0.1, 0.15) is 18.0 Å². The molecule has 28 heavy (non-hydrogen) atoms. The molecule has 0 spiro atoms. The van der Waals surface area contributed by atoms with E-state index < -0.39 is 17.2 Å². The van der Waals surface area contributed by atoms with Crippen LogP contribution in [0.3, 0.4) is 0 Å². The molecule has 0 saturated carbocycles. The zero-order valence-electron chi connectivity index (χ0n) is 14.3. The van der Waals surface area contributed by atoms with Crippen LogP contribution in [0.25, 0.3) is 5.69 Å². The van der Waals surface area contributed by atoms with Gasteiger partial charge in [-0.3, -0.25) is 4.79 Å². The van der Waals surface area contributed by atoms with E-state index in [1.165, 1.54) is 24.0 Å². The van der Waals surface area contributed by atoms with Gasteiger partial charge in [-0.25, -0.2) is 13.2 Å². The Kier molecular flexibility index (Phi) is 5.07. The van der Waals surface area contributed by atoms with E-state index in [9.17, 15) is 18.0 Å². The molecule has 4 nitrogen and oxygen atoms in total. The highest BCUT2D eigenvalue weighted by molar-refractivity contribution is 7.99. The lowest BCUT2D eigenvalue weighted by molar-refractivity contribution is 0.570. The summed E-state index contributed by atoms with van der Waals surface area (Å²) in [6.45, 7) is 0. The first-order valence-electron chi connectivity index (χ1n) is 8.36. The van der Waals surface area contributed by atoms with E-state index in [1.807, 2.05) is 6.07 Å². The van der Waals surface area contributed by atoms with Crippen molar-refractivity contribution in [2.45, 2.75) is 17.4 Å². The number of aromatic nitrogens is 2. The molecule has 1 aromatic heterocycles. The van der Waals surface area contributed by atoms with E-state index >= 15 is 0 Å². The molecule has 144 valence electrons. The van der Waals surface area contributed by atoms with Gasteiger partial charge >= 0.3 is 0 Å². The summed E-state index contributed by atoms with van der Waals surface area (Å²) in [4.78, 5) is 13.1. The fourth-order valence-corrected chi connectivity index (χ4v) is 4.41. The Labute approximate surface area is 167 Å². The molecule has 0 fully saturated rings. The summed E-state index contributed by atoms with van der Waals surface area (Å²) >= 11 is 7.64. The molecule has 0 aliphatic carbocycles. The molecule has 1 aliphatic rings. The second kappa shape index (κ2) is 7.52. The van der Waals surface area contributed by atoms with Crippen molar-refractivity contribution in [3.8, 4) is 5.69 Å². The molecule has 0 radical (unpaired) electrons. The van der Waals surface area contributed by atoms with Crippen LogP contribution in [0, 0.1) is 17.5 Å². The number of hydrogen-bond acceptors (Lipinski definition) is 4. The van der Waals surface area contributed by atoms with Crippen LogP contribution in [0.15, 0.2) is 52.3 Å². The minimum absolute atomic E-state index is 0.185. The highest BCUT2D eigenvalue weighted by Crippen LogP contribution is 2.39. The van der Waals surface area contributed by atoms with Crippen LogP contribution in [-0.2, 0) is 0 Å². The van der Waals surface area contributed by atoms with Crippen LogP contribution >= 0.6 is 23.4 Å². The van der Waals surface area contributed by atoms with Crippen LogP contribution in [0.2, 0.25) is 5.02 Å². The van der Waals surface area contributed by atoms with E-state index in [-0.39, 0.29) is 28.3 Å². The first-order valence-corrected chi connectivity index (χ1v) is 9.73. The van der Waals surface area contributed by atoms with Crippen molar-refractivity contribution in [2.75, 3.05) is 11.1 Å². The molecular formula is C19H13ClF3N3OS. The summed E-state index contributed by atoms with van der Waals surface area (Å²) in [5, 5.41) is 6.90. The van der Waals surface area contributed by atoms with Crippen LogP contribution in [-0.4, -0.2) is 15.5 Å². The molecule has 3 aromatic rings. The van der Waals surface area contributed by atoms with Crippen LogP contribution < -0.4 is 10.9 Å². The zero-order chi connectivity index (χ0) is 19.8. The van der Waals surface area contributed by atoms with Gasteiger partial charge in [-0.15, -0.1) is 11.8 Å². The first-order chi connectivity index (χ1) is 13.5. The molecule has 0 saturated heterocycles. The van der Waals surface area contributed by atoms with Gasteiger partial charge < -0.3 is 5.32 Å². The predicted octanol–water partition coefficient (Wildman–Crippen LogP) is 4.95. The summed E-state index contributed by atoms with van der Waals surface area (Å²) in [6.07, 6.45) is 2.00. The van der Waals surface area contributed by atoms with E-state index in [2.05, 4.69) is 10.4 Å². The average Bonchev–Trinajstić information content (AvgIpc) is 2.67. The molecule has 9 heteroatoms. The zero-order valence-corrected chi connectivity index (χ0v) is 15.8. The summed E-state index contributed by atoms with van der Waals surface area (Å²) in [6, 6.07) is 7.40. The first kappa shape index (κ1) is 18.9. The van der Waals surface area contributed by atoms with Gasteiger partial charge in [-0.05, 0) is 30.2 Å². The molecule has 1 N–H and O–H groups in total. The van der Waals surface area contributed by atoms with Crippen LogP contribution in [0.5, 0.6) is 0 Å². The van der Waals surface area contributed by atoms with E-state index in [4.69, 9.17) is 11.6 Å². The van der Waals surface area contributed by atoms with Gasteiger partial charge in [-0.1, -0.05) is 23.7 Å². The van der Waals surface area contributed by atoms with Gasteiger partial charge in [0.15, 0.2) is 5.82 Å². The van der Waals surface area contributed by atoms with Crippen molar-refractivity contribution < 1.29 is 13.2 Å². The molecule has 2 aromatic carbocycles. The monoisotopic (exact) mass is 423 g/mol. The van der Waals surface area contributed by atoms with Crippen LogP contribution in [0.4, 0.5) is 18.9 Å². The van der Waals surface area contributed by atoms with Crippen molar-refractivity contribution in [3.63, 3.8) is 0 Å². The normalized spacial score (nSPS) is 15.9. The quantitative estimate of drug-likeness (QED) is 0.647. The molecular weight excluding hydrogens is 411 g/mol. The maximum Gasteiger partial charge on any atom is 0.292 e. The minimum atomic E-state index is -0.930. The Morgan fingerprint density at radius 3 is 2.79 bits per heavy atom. The number of hydrogen-bond donors (Lipinski definition) is 1. The number of thioether (sulfide) groups is 1. The van der Waals surface area contributed by atoms with Gasteiger partial charge in [0.2, 0.25) is 0 Å². The standard InChI is InChI=1S/C19H13ClF3N3OS/c20-17-15(25-14-6-7-28-18-11(14)2-1-3-12(18)22)9-24-26(19(17)27)16-5-4-10(21)8-13(16)23/h1-5,8-9,14,25H,6-7H2/t14-/m0/s1. The lowest BCUT2D eigenvalue weighted by Crippen LogP contribution is -2.25. The molecule has 1 aliphatic heterocycles. The lowest BCUT2D eigenvalue weighted by Gasteiger charge is -2.27. The molecule has 0 bridgehead atoms. The number of nitrogens with zero attached hydrogens (tertiary/aromatic N) is 2. The van der Waals surface area contributed by atoms with Gasteiger partial charge in [0, 0.05) is 16.7 Å². The van der Waals surface area contributed by atoms with E-state index in [1.54, 1.807) is 6.07 Å². The van der Waals surface area contributed by atoms with Gasteiger partial charge in [0.05, 0.1) is 17.9 Å². The Bertz CT molecular complexity index is 1120. The third-order valence-corrected chi connectivity index (χ3v) is 5.94. The fraction of sp³-hybridized carbons (Fsp3) is 0.158. The van der Waals surface area contributed by atoms with Crippen molar-refractivity contribution in [1.82, 2.24) is 9.78 Å². The maximum absolute atomic E-state index is 14.0. The maximum atomic E-state index is 14.0. The summed E-state index contributed by atoms with van der Waals surface area (Å²) < 4.78 is 41.9. The smallest absolute Gasteiger partial charge is 0.292 e. The minimum Gasteiger partial charge on any atom is -0.375 e. The molecule has 1 atom stereocenters. The second-order valence-corrected chi connectivity index (χ2v) is 7.66. The number of benzene rings is 2. The Morgan fingerprint density at radius 2 is 2.00 bits per heavy atom. The SMILES string of the molecule is O=c1c(Cl)c(N[C@H]2CCSc3c(F)cccc32)cnn1-c1ccc(F)cc1F. The van der Waals surface area contributed by atoms with Crippen molar-refractivity contribution in [3.05, 3.63) is 81.0 Å². The third kappa shape index (κ3) is 3.38. The van der Waals surface area contributed by atoms with Crippen molar-refractivity contribution >= 4 is 29.1 Å². The van der Waals surface area contributed by atoms with E-state index in [0.29, 0.717) is 23.1 Å². The third-order valence-electron chi connectivity index (χ3n) is 4.41. The van der Waals surface area contributed by atoms with Crippen molar-refractivity contribution in [1.29, 1.82) is 0 Å². The topological polar surface area (TPSA) is 46.9 Å². The van der Waals surface area contributed by atoms with Crippen molar-refractivity contribution in [2.24, 2.45) is 0 Å². The Morgan fingerprint density at radius 1 is 1.18 bits per heavy atom. The van der Waals surface area contributed by atoms with Gasteiger partial charge in [0.25, 0.3) is 5.56 Å².